The van der Waals surface area contributed by atoms with E-state index in [-0.39, 0.29) is 22.8 Å². The van der Waals surface area contributed by atoms with Crippen molar-refractivity contribution in [2.45, 2.75) is 26.8 Å². The van der Waals surface area contributed by atoms with E-state index < -0.39 is 5.82 Å². The third-order valence-electron chi connectivity index (χ3n) is 3.01. The van der Waals surface area contributed by atoms with Crippen LogP contribution in [0.1, 0.15) is 28.7 Å². The van der Waals surface area contributed by atoms with Crippen molar-refractivity contribution in [1.82, 2.24) is 9.78 Å². The molecular formula is C14H13Cl2FN2O. The summed E-state index contributed by atoms with van der Waals surface area (Å²) >= 11 is 12.1. The van der Waals surface area contributed by atoms with E-state index in [9.17, 15) is 9.18 Å². The monoisotopic (exact) mass is 314 g/mol. The number of hydrogen-bond acceptors (Lipinski definition) is 2. The lowest BCUT2D eigenvalue weighted by atomic mass is 10.1. The molecule has 0 saturated carbocycles. The molecule has 1 heterocycles. The van der Waals surface area contributed by atoms with Crippen LogP contribution < -0.4 is 0 Å². The van der Waals surface area contributed by atoms with Crippen molar-refractivity contribution in [1.29, 1.82) is 0 Å². The number of ketones is 1. The van der Waals surface area contributed by atoms with Gasteiger partial charge in [-0.05, 0) is 32.0 Å². The van der Waals surface area contributed by atoms with Crippen LogP contribution in [0.5, 0.6) is 0 Å². The number of aromatic nitrogens is 2. The van der Waals surface area contributed by atoms with E-state index in [4.69, 9.17) is 23.2 Å². The van der Waals surface area contributed by atoms with Crippen molar-refractivity contribution in [3.63, 3.8) is 0 Å². The lowest BCUT2D eigenvalue weighted by molar-refractivity contribution is 0.0990. The third kappa shape index (κ3) is 2.86. The van der Waals surface area contributed by atoms with Crippen molar-refractivity contribution >= 4 is 29.0 Å². The summed E-state index contributed by atoms with van der Waals surface area (Å²) in [6.07, 6.45) is 0.0822. The van der Waals surface area contributed by atoms with Crippen LogP contribution in [-0.2, 0) is 13.0 Å². The molecule has 106 valence electrons. The van der Waals surface area contributed by atoms with Crippen LogP contribution in [0.25, 0.3) is 0 Å². The Hall–Kier alpha value is -1.39. The van der Waals surface area contributed by atoms with Gasteiger partial charge in [-0.1, -0.05) is 23.2 Å². The molecule has 0 atom stereocenters. The second-order valence-corrected chi connectivity index (χ2v) is 5.17. The molecule has 0 spiro atoms. The van der Waals surface area contributed by atoms with Gasteiger partial charge in [0.05, 0.1) is 27.9 Å². The third-order valence-corrected chi connectivity index (χ3v) is 3.82. The number of carbonyl (C=O) groups excluding carboxylic acids is 1. The number of benzene rings is 1. The number of halogens is 3. The predicted molar refractivity (Wildman–Crippen MR) is 77.1 cm³/mol. The fraction of sp³-hybridized carbons (Fsp3) is 0.286. The molecule has 0 fully saturated rings. The zero-order chi connectivity index (χ0) is 14.9. The van der Waals surface area contributed by atoms with Gasteiger partial charge < -0.3 is 0 Å². The second kappa shape index (κ2) is 5.94. The molecule has 0 aliphatic heterocycles. The van der Waals surface area contributed by atoms with Crippen LogP contribution in [0.2, 0.25) is 10.0 Å². The molecule has 3 nitrogen and oxygen atoms in total. The number of nitrogens with zero attached hydrogens (tertiary/aromatic N) is 2. The molecule has 1 aromatic heterocycles. The molecule has 0 radical (unpaired) electrons. The van der Waals surface area contributed by atoms with Crippen LogP contribution in [0.15, 0.2) is 18.2 Å². The molecule has 0 unspecified atom stereocenters. The van der Waals surface area contributed by atoms with Gasteiger partial charge in [-0.2, -0.15) is 5.10 Å². The number of aryl methyl sites for hydroxylation is 2. The first-order valence-corrected chi connectivity index (χ1v) is 6.89. The molecule has 0 bridgehead atoms. The maximum Gasteiger partial charge on any atom is 0.170 e. The highest BCUT2D eigenvalue weighted by Crippen LogP contribution is 2.24. The molecule has 0 amide bonds. The molecule has 2 aromatic rings. The minimum Gasteiger partial charge on any atom is -0.294 e. The molecule has 2 rings (SSSR count). The minimum atomic E-state index is -0.473. The van der Waals surface area contributed by atoms with Crippen molar-refractivity contribution in [3.05, 3.63) is 51.0 Å². The lowest BCUT2D eigenvalue weighted by Gasteiger charge is -2.06. The second-order valence-electron chi connectivity index (χ2n) is 4.39. The Morgan fingerprint density at radius 3 is 2.70 bits per heavy atom. The molecule has 1 aromatic carbocycles. The number of Topliss-reactive ketones (excluding diaryl/α,β-unsaturated/α-hetero) is 1. The van der Waals surface area contributed by atoms with E-state index >= 15 is 0 Å². The Morgan fingerprint density at radius 2 is 2.10 bits per heavy atom. The molecule has 0 saturated heterocycles. The van der Waals surface area contributed by atoms with Crippen molar-refractivity contribution in [2.24, 2.45) is 0 Å². The van der Waals surface area contributed by atoms with Gasteiger partial charge >= 0.3 is 0 Å². The highest BCUT2D eigenvalue weighted by Gasteiger charge is 2.18. The van der Waals surface area contributed by atoms with Gasteiger partial charge in [0, 0.05) is 12.1 Å². The molecule has 0 N–H and O–H groups in total. The van der Waals surface area contributed by atoms with Gasteiger partial charge in [-0.25, -0.2) is 4.39 Å². The molecule has 6 heteroatoms. The van der Waals surface area contributed by atoms with Gasteiger partial charge in [0.25, 0.3) is 0 Å². The van der Waals surface area contributed by atoms with Crippen LogP contribution in [0, 0.1) is 12.7 Å². The summed E-state index contributed by atoms with van der Waals surface area (Å²) in [7, 11) is 0. The zero-order valence-electron chi connectivity index (χ0n) is 11.1. The largest absolute Gasteiger partial charge is 0.294 e. The summed E-state index contributed by atoms with van der Waals surface area (Å²) in [6, 6.07) is 3.72. The maximum absolute atomic E-state index is 13.0. The van der Waals surface area contributed by atoms with Gasteiger partial charge in [-0.15, -0.1) is 0 Å². The molecular weight excluding hydrogens is 302 g/mol. The number of hydrogen-bond donors (Lipinski definition) is 0. The van der Waals surface area contributed by atoms with E-state index in [0.717, 1.165) is 6.07 Å². The zero-order valence-corrected chi connectivity index (χ0v) is 12.6. The fourth-order valence-electron chi connectivity index (χ4n) is 2.00. The Balaban J connectivity index is 2.32. The van der Waals surface area contributed by atoms with Crippen molar-refractivity contribution in [2.75, 3.05) is 0 Å². The van der Waals surface area contributed by atoms with E-state index in [1.54, 1.807) is 11.6 Å². The van der Waals surface area contributed by atoms with Crippen LogP contribution >= 0.6 is 23.2 Å². The fourth-order valence-corrected chi connectivity index (χ4v) is 2.48. The van der Waals surface area contributed by atoms with Crippen molar-refractivity contribution in [3.8, 4) is 0 Å². The molecule has 20 heavy (non-hydrogen) atoms. The lowest BCUT2D eigenvalue weighted by Crippen LogP contribution is -2.10. The van der Waals surface area contributed by atoms with Crippen LogP contribution in [0.4, 0.5) is 4.39 Å². The van der Waals surface area contributed by atoms with Gasteiger partial charge in [0.2, 0.25) is 0 Å². The highest BCUT2D eigenvalue weighted by molar-refractivity contribution is 6.34. The summed E-state index contributed by atoms with van der Waals surface area (Å²) in [5.74, 6) is -0.689. The van der Waals surface area contributed by atoms with Crippen LogP contribution in [-0.4, -0.2) is 15.6 Å². The average molecular weight is 315 g/mol. The summed E-state index contributed by atoms with van der Waals surface area (Å²) in [5, 5.41) is 4.84. The number of rotatable bonds is 4. The predicted octanol–water partition coefficient (Wildman–Crippen LogP) is 4.08. The first-order valence-electron chi connectivity index (χ1n) is 6.14. The van der Waals surface area contributed by atoms with E-state index in [2.05, 4.69) is 5.10 Å². The first kappa shape index (κ1) is 15.0. The quantitative estimate of drug-likeness (QED) is 0.797. The maximum atomic E-state index is 13.0. The van der Waals surface area contributed by atoms with Crippen molar-refractivity contribution < 1.29 is 9.18 Å². The summed E-state index contributed by atoms with van der Waals surface area (Å²) in [4.78, 5) is 12.3. The molecule has 0 aliphatic rings. The summed E-state index contributed by atoms with van der Waals surface area (Å²) < 4.78 is 14.7. The summed E-state index contributed by atoms with van der Waals surface area (Å²) in [5.41, 5.74) is 1.62. The minimum absolute atomic E-state index is 0.0822. The highest BCUT2D eigenvalue weighted by atomic mass is 35.5. The SMILES string of the molecule is CCn1nc(C)c(Cl)c1CC(=O)c1ccc(F)cc1Cl. The Morgan fingerprint density at radius 1 is 1.40 bits per heavy atom. The summed E-state index contributed by atoms with van der Waals surface area (Å²) in [6.45, 7) is 4.32. The van der Waals surface area contributed by atoms with E-state index in [1.165, 1.54) is 12.1 Å². The van der Waals surface area contributed by atoms with Gasteiger partial charge in [0.15, 0.2) is 5.78 Å². The first-order chi connectivity index (χ1) is 9.43. The Bertz CT molecular complexity index is 667. The van der Waals surface area contributed by atoms with Gasteiger partial charge in [-0.3, -0.25) is 9.48 Å². The number of carbonyl (C=O) groups is 1. The Kier molecular flexibility index (Phi) is 4.45. The Labute approximate surface area is 126 Å². The van der Waals surface area contributed by atoms with Crippen LogP contribution in [0.3, 0.4) is 0 Å². The smallest absolute Gasteiger partial charge is 0.170 e. The topological polar surface area (TPSA) is 34.9 Å². The van der Waals surface area contributed by atoms with E-state index in [0.29, 0.717) is 23.0 Å². The van der Waals surface area contributed by atoms with E-state index in [1.807, 2.05) is 6.92 Å². The normalized spacial score (nSPS) is 10.8. The average Bonchev–Trinajstić information content (AvgIpc) is 2.66. The standard InChI is InChI=1S/C14H13Cl2FN2O/c1-3-19-12(14(16)8(2)18-19)7-13(20)10-5-4-9(17)6-11(10)15/h4-6H,3,7H2,1-2H3. The molecule has 0 aliphatic carbocycles. The van der Waals surface area contributed by atoms with Gasteiger partial charge in [0.1, 0.15) is 5.82 Å².